The van der Waals surface area contributed by atoms with Crippen molar-refractivity contribution in [3.8, 4) is 0 Å². The van der Waals surface area contributed by atoms with Crippen LogP contribution in [-0.2, 0) is 11.3 Å². The fourth-order valence-corrected chi connectivity index (χ4v) is 1.82. The highest BCUT2D eigenvalue weighted by Gasteiger charge is 2.11. The molecule has 0 spiro atoms. The molecule has 1 aromatic heterocycles. The Kier molecular flexibility index (Phi) is 6.15. The van der Waals surface area contributed by atoms with Gasteiger partial charge in [0.05, 0.1) is 25.0 Å². The molecular formula is C12H20ClN3O2. The first-order chi connectivity index (χ1) is 8.63. The lowest BCUT2D eigenvalue weighted by molar-refractivity contribution is 0.182. The summed E-state index contributed by atoms with van der Waals surface area (Å²) in [6.07, 6.45) is 3.54. The first-order valence-corrected chi connectivity index (χ1v) is 6.52. The van der Waals surface area contributed by atoms with Crippen LogP contribution in [0.25, 0.3) is 0 Å². The Bertz CT molecular complexity index is 430. The highest BCUT2D eigenvalue weighted by atomic mass is 35.5. The Balaban J connectivity index is 2.90. The van der Waals surface area contributed by atoms with Gasteiger partial charge in [0.2, 0.25) is 0 Å². The fourth-order valence-electron chi connectivity index (χ4n) is 1.62. The van der Waals surface area contributed by atoms with Crippen LogP contribution in [0.3, 0.4) is 0 Å². The molecule has 1 N–H and O–H groups in total. The monoisotopic (exact) mass is 273 g/mol. The van der Waals surface area contributed by atoms with Gasteiger partial charge in [-0.1, -0.05) is 25.4 Å². The maximum absolute atomic E-state index is 11.9. The van der Waals surface area contributed by atoms with Crippen molar-refractivity contribution in [1.82, 2.24) is 9.78 Å². The number of rotatable bonds is 7. The number of ether oxygens (including phenoxy) is 1. The number of nitrogens with zero attached hydrogens (tertiary/aromatic N) is 2. The predicted molar refractivity (Wildman–Crippen MR) is 73.4 cm³/mol. The largest absolute Gasteiger partial charge is 0.383 e. The number of aromatic nitrogens is 2. The van der Waals surface area contributed by atoms with E-state index in [-0.39, 0.29) is 10.6 Å². The molecule has 5 nitrogen and oxygen atoms in total. The van der Waals surface area contributed by atoms with Crippen LogP contribution in [0.5, 0.6) is 0 Å². The van der Waals surface area contributed by atoms with Gasteiger partial charge in [-0.05, 0) is 12.8 Å². The number of anilines is 1. The average Bonchev–Trinajstić information content (AvgIpc) is 2.39. The molecule has 0 saturated heterocycles. The lowest BCUT2D eigenvalue weighted by Gasteiger charge is -2.17. The molecule has 0 saturated carbocycles. The third-order valence-electron chi connectivity index (χ3n) is 2.84. The first-order valence-electron chi connectivity index (χ1n) is 6.15. The minimum atomic E-state index is -0.287. The molecule has 0 bridgehead atoms. The van der Waals surface area contributed by atoms with Gasteiger partial charge >= 0.3 is 0 Å². The SMILES string of the molecule is CCC(CC)Nc1cnn(CCOC)c(=O)c1Cl. The number of methoxy groups -OCH3 is 1. The lowest BCUT2D eigenvalue weighted by Crippen LogP contribution is -2.27. The highest BCUT2D eigenvalue weighted by Crippen LogP contribution is 2.17. The van der Waals surface area contributed by atoms with Crippen molar-refractivity contribution in [3.05, 3.63) is 21.6 Å². The standard InChI is InChI=1S/C12H20ClN3O2/c1-4-9(5-2)15-10-8-14-16(6-7-18-3)12(17)11(10)13/h8-9,15H,4-7H2,1-3H3. The van der Waals surface area contributed by atoms with E-state index in [2.05, 4.69) is 24.3 Å². The van der Waals surface area contributed by atoms with Crippen LogP contribution in [0.4, 0.5) is 5.69 Å². The molecule has 18 heavy (non-hydrogen) atoms. The van der Waals surface area contributed by atoms with Gasteiger partial charge in [-0.3, -0.25) is 4.79 Å². The van der Waals surface area contributed by atoms with E-state index < -0.39 is 0 Å². The van der Waals surface area contributed by atoms with E-state index in [0.29, 0.717) is 24.9 Å². The minimum absolute atomic E-state index is 0.188. The van der Waals surface area contributed by atoms with Gasteiger partial charge in [0.15, 0.2) is 0 Å². The van der Waals surface area contributed by atoms with Crippen molar-refractivity contribution < 1.29 is 4.74 Å². The molecular weight excluding hydrogens is 254 g/mol. The number of hydrogen-bond donors (Lipinski definition) is 1. The van der Waals surface area contributed by atoms with E-state index in [0.717, 1.165) is 12.8 Å². The summed E-state index contributed by atoms with van der Waals surface area (Å²) in [5, 5.41) is 7.50. The molecule has 1 heterocycles. The van der Waals surface area contributed by atoms with Crippen LogP contribution in [-0.4, -0.2) is 29.5 Å². The summed E-state index contributed by atoms with van der Waals surface area (Å²) in [5.41, 5.74) is 0.314. The Labute approximate surface area is 112 Å². The zero-order valence-electron chi connectivity index (χ0n) is 11.1. The van der Waals surface area contributed by atoms with Crippen molar-refractivity contribution in [1.29, 1.82) is 0 Å². The summed E-state index contributed by atoms with van der Waals surface area (Å²) >= 11 is 6.06. The molecule has 0 aliphatic heterocycles. The molecule has 0 aromatic carbocycles. The number of hydrogen-bond acceptors (Lipinski definition) is 4. The number of nitrogens with one attached hydrogen (secondary N) is 1. The highest BCUT2D eigenvalue weighted by molar-refractivity contribution is 6.32. The Morgan fingerprint density at radius 2 is 2.17 bits per heavy atom. The van der Waals surface area contributed by atoms with E-state index in [1.807, 2.05) is 0 Å². The van der Waals surface area contributed by atoms with Crippen molar-refractivity contribution in [3.63, 3.8) is 0 Å². The molecule has 0 aliphatic rings. The second-order valence-corrected chi connectivity index (χ2v) is 4.43. The Morgan fingerprint density at radius 1 is 1.50 bits per heavy atom. The summed E-state index contributed by atoms with van der Waals surface area (Å²) in [5.74, 6) is 0. The zero-order chi connectivity index (χ0) is 13.5. The third-order valence-corrected chi connectivity index (χ3v) is 3.20. The fraction of sp³-hybridized carbons (Fsp3) is 0.667. The molecule has 0 amide bonds. The molecule has 0 unspecified atom stereocenters. The predicted octanol–water partition coefficient (Wildman–Crippen LogP) is 2.14. The second-order valence-electron chi connectivity index (χ2n) is 4.05. The molecule has 0 aliphatic carbocycles. The average molecular weight is 274 g/mol. The molecule has 1 aromatic rings. The van der Waals surface area contributed by atoms with Gasteiger partial charge in [0.25, 0.3) is 5.56 Å². The van der Waals surface area contributed by atoms with E-state index in [1.54, 1.807) is 13.3 Å². The van der Waals surface area contributed by atoms with E-state index in [4.69, 9.17) is 16.3 Å². The quantitative estimate of drug-likeness (QED) is 0.827. The summed E-state index contributed by atoms with van der Waals surface area (Å²) in [6.45, 7) is 5.01. The van der Waals surface area contributed by atoms with Gasteiger partial charge in [-0.25, -0.2) is 4.68 Å². The maximum atomic E-state index is 11.9. The summed E-state index contributed by atoms with van der Waals surface area (Å²) in [7, 11) is 1.58. The maximum Gasteiger partial charge on any atom is 0.287 e. The van der Waals surface area contributed by atoms with E-state index >= 15 is 0 Å². The summed E-state index contributed by atoms with van der Waals surface area (Å²) in [4.78, 5) is 11.9. The van der Waals surface area contributed by atoms with Crippen LogP contribution in [0.15, 0.2) is 11.0 Å². The smallest absolute Gasteiger partial charge is 0.287 e. The number of halogens is 1. The van der Waals surface area contributed by atoms with Crippen LogP contribution in [0, 0.1) is 0 Å². The molecule has 0 atom stereocenters. The van der Waals surface area contributed by atoms with E-state index in [9.17, 15) is 4.79 Å². The molecule has 0 radical (unpaired) electrons. The van der Waals surface area contributed by atoms with Crippen molar-refractivity contribution >= 4 is 17.3 Å². The third kappa shape index (κ3) is 3.71. The van der Waals surface area contributed by atoms with Gasteiger partial charge in [-0.15, -0.1) is 0 Å². The Morgan fingerprint density at radius 3 is 2.72 bits per heavy atom. The zero-order valence-corrected chi connectivity index (χ0v) is 11.8. The van der Waals surface area contributed by atoms with Gasteiger partial charge in [0.1, 0.15) is 5.02 Å². The second kappa shape index (κ2) is 7.38. The van der Waals surface area contributed by atoms with Crippen LogP contribution < -0.4 is 10.9 Å². The van der Waals surface area contributed by atoms with E-state index in [1.165, 1.54) is 4.68 Å². The summed E-state index contributed by atoms with van der Waals surface area (Å²) in [6, 6.07) is 0.304. The normalized spacial score (nSPS) is 10.9. The van der Waals surface area contributed by atoms with Crippen molar-refractivity contribution in [2.24, 2.45) is 0 Å². The summed E-state index contributed by atoms with van der Waals surface area (Å²) < 4.78 is 6.22. The lowest BCUT2D eigenvalue weighted by atomic mass is 10.1. The first kappa shape index (κ1) is 15.0. The van der Waals surface area contributed by atoms with Crippen LogP contribution in [0.1, 0.15) is 26.7 Å². The Hall–Kier alpha value is -1.07. The topological polar surface area (TPSA) is 56.1 Å². The molecule has 102 valence electrons. The molecule has 6 heteroatoms. The molecule has 0 fully saturated rings. The van der Waals surface area contributed by atoms with Gasteiger partial charge in [0, 0.05) is 13.2 Å². The van der Waals surface area contributed by atoms with Gasteiger partial charge < -0.3 is 10.1 Å². The molecule has 1 rings (SSSR count). The van der Waals surface area contributed by atoms with Crippen LogP contribution >= 0.6 is 11.6 Å². The van der Waals surface area contributed by atoms with Crippen molar-refractivity contribution in [2.45, 2.75) is 39.3 Å². The minimum Gasteiger partial charge on any atom is -0.383 e. The van der Waals surface area contributed by atoms with Gasteiger partial charge in [-0.2, -0.15) is 5.10 Å². The van der Waals surface area contributed by atoms with Crippen molar-refractivity contribution in [2.75, 3.05) is 19.0 Å². The van der Waals surface area contributed by atoms with Crippen LogP contribution in [0.2, 0.25) is 5.02 Å².